The summed E-state index contributed by atoms with van der Waals surface area (Å²) >= 11 is 0. The molecule has 3 rings (SSSR count). The lowest BCUT2D eigenvalue weighted by molar-refractivity contribution is 0.0737. The Kier molecular flexibility index (Phi) is 6.11. The summed E-state index contributed by atoms with van der Waals surface area (Å²) in [6.45, 7) is 7.74. The van der Waals surface area contributed by atoms with Crippen molar-refractivity contribution < 1.29 is 9.53 Å². The van der Waals surface area contributed by atoms with Gasteiger partial charge in [0.25, 0.3) is 11.5 Å². The molecule has 1 fully saturated rings. The molecule has 0 bridgehead atoms. The first-order valence-electron chi connectivity index (χ1n) is 9.48. The van der Waals surface area contributed by atoms with Crippen molar-refractivity contribution in [3.63, 3.8) is 0 Å². The lowest BCUT2D eigenvalue weighted by Gasteiger charge is -2.36. The van der Waals surface area contributed by atoms with E-state index < -0.39 is 0 Å². The van der Waals surface area contributed by atoms with Crippen LogP contribution in [0.1, 0.15) is 30.8 Å². The van der Waals surface area contributed by atoms with Crippen molar-refractivity contribution in [3.05, 3.63) is 52.4 Å². The fraction of sp³-hybridized carbons (Fsp3) is 0.450. The van der Waals surface area contributed by atoms with Crippen molar-refractivity contribution in [1.82, 2.24) is 14.7 Å². The Morgan fingerprint density at radius 1 is 1.07 bits per heavy atom. The van der Waals surface area contributed by atoms with Gasteiger partial charge in [0.05, 0.1) is 12.3 Å². The average Bonchev–Trinajstić information content (AvgIpc) is 2.70. The standard InChI is InChI=1S/C20H26N4O3/c1-3-11-24-19(25)10-9-16(21-24)20(26)23-14-12-22(13-15-23)17-7-5-6-8-18(17)27-4-2/h5-10H,3-4,11-15H2,1-2H3. The van der Waals surface area contributed by atoms with Crippen molar-refractivity contribution in [2.45, 2.75) is 26.8 Å². The molecule has 7 nitrogen and oxygen atoms in total. The number of carbonyl (C=O) groups is 1. The van der Waals surface area contributed by atoms with E-state index in [1.807, 2.05) is 38.1 Å². The predicted molar refractivity (Wildman–Crippen MR) is 105 cm³/mol. The van der Waals surface area contributed by atoms with Gasteiger partial charge < -0.3 is 14.5 Å². The number of anilines is 1. The van der Waals surface area contributed by atoms with Gasteiger partial charge in [0.2, 0.25) is 0 Å². The van der Waals surface area contributed by atoms with E-state index in [0.717, 1.165) is 30.9 Å². The number of piperazine rings is 1. The first-order chi connectivity index (χ1) is 13.1. The molecular formula is C20H26N4O3. The number of nitrogens with zero attached hydrogens (tertiary/aromatic N) is 4. The van der Waals surface area contributed by atoms with Gasteiger partial charge in [-0.2, -0.15) is 5.10 Å². The molecule has 2 heterocycles. The maximum Gasteiger partial charge on any atom is 0.274 e. The minimum absolute atomic E-state index is 0.127. The molecule has 0 saturated carbocycles. The Morgan fingerprint density at radius 3 is 2.52 bits per heavy atom. The first-order valence-corrected chi connectivity index (χ1v) is 9.48. The second-order valence-electron chi connectivity index (χ2n) is 6.46. The van der Waals surface area contributed by atoms with E-state index >= 15 is 0 Å². The van der Waals surface area contributed by atoms with Crippen molar-refractivity contribution in [2.75, 3.05) is 37.7 Å². The van der Waals surface area contributed by atoms with E-state index in [-0.39, 0.29) is 11.5 Å². The van der Waals surface area contributed by atoms with E-state index in [4.69, 9.17) is 4.74 Å². The van der Waals surface area contributed by atoms with E-state index in [0.29, 0.717) is 31.9 Å². The van der Waals surface area contributed by atoms with Gasteiger partial charge in [0.1, 0.15) is 11.4 Å². The summed E-state index contributed by atoms with van der Waals surface area (Å²) in [6, 6.07) is 10.9. The van der Waals surface area contributed by atoms with Crippen LogP contribution >= 0.6 is 0 Å². The summed E-state index contributed by atoms with van der Waals surface area (Å²) < 4.78 is 7.08. The van der Waals surface area contributed by atoms with Gasteiger partial charge in [-0.15, -0.1) is 0 Å². The minimum atomic E-state index is -0.175. The average molecular weight is 370 g/mol. The Labute approximate surface area is 159 Å². The number of aryl methyl sites for hydroxylation is 1. The monoisotopic (exact) mass is 370 g/mol. The number of ether oxygens (including phenoxy) is 1. The summed E-state index contributed by atoms with van der Waals surface area (Å²) in [5, 5.41) is 4.23. The summed E-state index contributed by atoms with van der Waals surface area (Å²) in [7, 11) is 0. The normalized spacial score (nSPS) is 14.3. The molecule has 1 aliphatic heterocycles. The Morgan fingerprint density at radius 2 is 1.81 bits per heavy atom. The van der Waals surface area contributed by atoms with Crippen molar-refractivity contribution >= 4 is 11.6 Å². The van der Waals surface area contributed by atoms with Crippen molar-refractivity contribution in [3.8, 4) is 5.75 Å². The summed E-state index contributed by atoms with van der Waals surface area (Å²) in [5.41, 5.74) is 1.21. The molecule has 0 aliphatic carbocycles. The molecule has 27 heavy (non-hydrogen) atoms. The highest BCUT2D eigenvalue weighted by Crippen LogP contribution is 2.28. The fourth-order valence-corrected chi connectivity index (χ4v) is 3.24. The smallest absolute Gasteiger partial charge is 0.274 e. The molecule has 0 unspecified atom stereocenters. The van der Waals surface area contributed by atoms with Crippen LogP contribution in [0.3, 0.4) is 0 Å². The van der Waals surface area contributed by atoms with Gasteiger partial charge in [-0.1, -0.05) is 19.1 Å². The molecule has 144 valence electrons. The van der Waals surface area contributed by atoms with Gasteiger partial charge in [0, 0.05) is 38.8 Å². The number of amides is 1. The van der Waals surface area contributed by atoms with Crippen LogP contribution in [0.25, 0.3) is 0 Å². The maximum atomic E-state index is 12.8. The molecule has 7 heteroatoms. The minimum Gasteiger partial charge on any atom is -0.492 e. The number of aromatic nitrogens is 2. The third kappa shape index (κ3) is 4.30. The van der Waals surface area contributed by atoms with Gasteiger partial charge in [-0.3, -0.25) is 9.59 Å². The third-order valence-corrected chi connectivity index (χ3v) is 4.59. The number of benzene rings is 1. The first kappa shape index (κ1) is 18.9. The van der Waals surface area contributed by atoms with E-state index in [9.17, 15) is 9.59 Å². The van der Waals surface area contributed by atoms with Crippen LogP contribution in [-0.4, -0.2) is 53.4 Å². The molecule has 0 spiro atoms. The fourth-order valence-electron chi connectivity index (χ4n) is 3.24. The number of para-hydroxylation sites is 2. The largest absolute Gasteiger partial charge is 0.492 e. The quantitative estimate of drug-likeness (QED) is 0.778. The van der Waals surface area contributed by atoms with E-state index in [1.54, 1.807) is 4.90 Å². The highest BCUT2D eigenvalue weighted by atomic mass is 16.5. The molecule has 0 atom stereocenters. The van der Waals surface area contributed by atoms with Crippen LogP contribution in [0.4, 0.5) is 5.69 Å². The highest BCUT2D eigenvalue weighted by Gasteiger charge is 2.24. The molecule has 2 aromatic rings. The Hall–Kier alpha value is -2.83. The van der Waals surface area contributed by atoms with Gasteiger partial charge in [-0.05, 0) is 31.5 Å². The molecule has 0 radical (unpaired) electrons. The van der Waals surface area contributed by atoms with Crippen LogP contribution in [0, 0.1) is 0 Å². The predicted octanol–water partition coefficient (Wildman–Crippen LogP) is 2.01. The third-order valence-electron chi connectivity index (χ3n) is 4.59. The zero-order valence-corrected chi connectivity index (χ0v) is 15.9. The number of carbonyl (C=O) groups excluding carboxylic acids is 1. The number of hydrogen-bond acceptors (Lipinski definition) is 5. The zero-order chi connectivity index (χ0) is 19.2. The summed E-state index contributed by atoms with van der Waals surface area (Å²) in [6.07, 6.45) is 0.794. The van der Waals surface area contributed by atoms with Crippen molar-refractivity contribution in [1.29, 1.82) is 0 Å². The van der Waals surface area contributed by atoms with Crippen LogP contribution in [0.15, 0.2) is 41.2 Å². The molecule has 1 aliphatic rings. The Bertz CT molecular complexity index is 841. The molecule has 1 amide bonds. The maximum absolute atomic E-state index is 12.8. The lowest BCUT2D eigenvalue weighted by atomic mass is 10.2. The summed E-state index contributed by atoms with van der Waals surface area (Å²) in [5.74, 6) is 0.741. The van der Waals surface area contributed by atoms with Crippen LogP contribution in [-0.2, 0) is 6.54 Å². The topological polar surface area (TPSA) is 67.7 Å². The van der Waals surface area contributed by atoms with Gasteiger partial charge in [-0.25, -0.2) is 4.68 Å². The molecule has 1 aromatic heterocycles. The second kappa shape index (κ2) is 8.70. The molecule has 1 saturated heterocycles. The Balaban J connectivity index is 1.68. The van der Waals surface area contributed by atoms with E-state index in [1.165, 1.54) is 16.8 Å². The molecule has 0 N–H and O–H groups in total. The summed E-state index contributed by atoms with van der Waals surface area (Å²) in [4.78, 5) is 28.6. The molecular weight excluding hydrogens is 344 g/mol. The lowest BCUT2D eigenvalue weighted by Crippen LogP contribution is -2.49. The van der Waals surface area contributed by atoms with Gasteiger partial charge >= 0.3 is 0 Å². The zero-order valence-electron chi connectivity index (χ0n) is 15.9. The van der Waals surface area contributed by atoms with Crippen molar-refractivity contribution in [2.24, 2.45) is 0 Å². The van der Waals surface area contributed by atoms with Crippen LogP contribution in [0.2, 0.25) is 0 Å². The van der Waals surface area contributed by atoms with E-state index in [2.05, 4.69) is 10.00 Å². The second-order valence-corrected chi connectivity index (χ2v) is 6.46. The highest BCUT2D eigenvalue weighted by molar-refractivity contribution is 5.92. The van der Waals surface area contributed by atoms with Crippen LogP contribution < -0.4 is 15.2 Å². The number of rotatable bonds is 6. The molecule has 1 aromatic carbocycles. The number of hydrogen-bond donors (Lipinski definition) is 0. The van der Waals surface area contributed by atoms with Crippen LogP contribution in [0.5, 0.6) is 5.75 Å². The SMILES string of the molecule is CCCn1nc(C(=O)N2CCN(c3ccccc3OCC)CC2)ccc1=O. The van der Waals surface area contributed by atoms with Gasteiger partial charge in [0.15, 0.2) is 0 Å².